The van der Waals surface area contributed by atoms with Gasteiger partial charge in [0.15, 0.2) is 0 Å². The standard InChI is InChI=1S/C17H23N3O3.ClH/c1-12-16(18-8-10-23-12)17(22)19-13-5-4-6-14(11-13)20-9-3-2-7-15(20)21;/h4-6,11-12,16,18H,2-3,7-10H2,1H3,(H,19,22);1H/t12-,16+;/m1./s1. The number of ether oxygens (including phenoxy) is 1. The van der Waals surface area contributed by atoms with Crippen molar-refractivity contribution in [2.45, 2.75) is 38.3 Å². The summed E-state index contributed by atoms with van der Waals surface area (Å²) in [5, 5.41) is 6.09. The molecule has 1 aromatic rings. The Labute approximate surface area is 148 Å². The van der Waals surface area contributed by atoms with Gasteiger partial charge >= 0.3 is 0 Å². The van der Waals surface area contributed by atoms with Crippen molar-refractivity contribution in [3.63, 3.8) is 0 Å². The van der Waals surface area contributed by atoms with Crippen molar-refractivity contribution in [1.82, 2.24) is 5.32 Å². The third-order valence-corrected chi connectivity index (χ3v) is 4.35. The van der Waals surface area contributed by atoms with E-state index in [1.807, 2.05) is 31.2 Å². The van der Waals surface area contributed by atoms with Gasteiger partial charge in [-0.15, -0.1) is 12.4 Å². The van der Waals surface area contributed by atoms with Crippen molar-refractivity contribution < 1.29 is 14.3 Å². The van der Waals surface area contributed by atoms with E-state index in [-0.39, 0.29) is 36.4 Å². The van der Waals surface area contributed by atoms with E-state index >= 15 is 0 Å². The summed E-state index contributed by atoms with van der Waals surface area (Å²) in [6.45, 7) is 3.92. The van der Waals surface area contributed by atoms with E-state index in [9.17, 15) is 9.59 Å². The fraction of sp³-hybridized carbons (Fsp3) is 0.529. The Hall–Kier alpha value is -1.63. The lowest BCUT2D eigenvalue weighted by molar-refractivity contribution is -0.123. The maximum atomic E-state index is 12.4. The van der Waals surface area contributed by atoms with Gasteiger partial charge in [-0.2, -0.15) is 0 Å². The SMILES string of the molecule is C[C@H]1OCCN[C@@H]1C(=O)Nc1cccc(N2CCCCC2=O)c1.Cl. The molecule has 3 rings (SSSR count). The zero-order valence-electron chi connectivity index (χ0n) is 13.8. The Morgan fingerprint density at radius 3 is 2.96 bits per heavy atom. The number of hydrogen-bond acceptors (Lipinski definition) is 4. The summed E-state index contributed by atoms with van der Waals surface area (Å²) in [5.74, 6) is 0.0371. The number of halogens is 1. The average molecular weight is 354 g/mol. The van der Waals surface area contributed by atoms with Gasteiger partial charge in [-0.1, -0.05) is 6.07 Å². The number of hydrogen-bond donors (Lipinski definition) is 2. The molecule has 0 radical (unpaired) electrons. The van der Waals surface area contributed by atoms with Crippen LogP contribution in [0.4, 0.5) is 11.4 Å². The number of amides is 2. The Morgan fingerprint density at radius 1 is 1.38 bits per heavy atom. The Bertz CT molecular complexity index is 596. The van der Waals surface area contributed by atoms with Crippen LogP contribution in [0.15, 0.2) is 24.3 Å². The highest BCUT2D eigenvalue weighted by molar-refractivity contribution is 5.97. The summed E-state index contributed by atoms with van der Waals surface area (Å²) in [5.41, 5.74) is 1.54. The minimum absolute atomic E-state index is 0. The van der Waals surface area contributed by atoms with E-state index in [2.05, 4.69) is 10.6 Å². The van der Waals surface area contributed by atoms with Gasteiger partial charge in [-0.25, -0.2) is 0 Å². The molecule has 132 valence electrons. The molecule has 0 bridgehead atoms. The van der Waals surface area contributed by atoms with Crippen molar-refractivity contribution in [2.24, 2.45) is 0 Å². The van der Waals surface area contributed by atoms with Crippen molar-refractivity contribution >= 4 is 35.6 Å². The first-order valence-electron chi connectivity index (χ1n) is 8.21. The molecule has 0 unspecified atom stereocenters. The van der Waals surface area contributed by atoms with Crippen molar-refractivity contribution in [3.05, 3.63) is 24.3 Å². The van der Waals surface area contributed by atoms with Crippen LogP contribution < -0.4 is 15.5 Å². The maximum absolute atomic E-state index is 12.4. The number of benzene rings is 1. The largest absolute Gasteiger partial charge is 0.375 e. The molecule has 6 nitrogen and oxygen atoms in total. The highest BCUT2D eigenvalue weighted by atomic mass is 35.5. The molecule has 1 aromatic carbocycles. The molecule has 0 aromatic heterocycles. The number of morpholine rings is 1. The third kappa shape index (κ3) is 4.26. The summed E-state index contributed by atoms with van der Waals surface area (Å²) < 4.78 is 5.51. The van der Waals surface area contributed by atoms with Gasteiger partial charge in [0.25, 0.3) is 0 Å². The molecular weight excluding hydrogens is 330 g/mol. The van der Waals surface area contributed by atoms with Gasteiger partial charge < -0.3 is 20.3 Å². The smallest absolute Gasteiger partial charge is 0.244 e. The second-order valence-corrected chi connectivity index (χ2v) is 6.05. The molecule has 2 atom stereocenters. The van der Waals surface area contributed by atoms with E-state index < -0.39 is 0 Å². The third-order valence-electron chi connectivity index (χ3n) is 4.35. The first-order valence-corrected chi connectivity index (χ1v) is 8.21. The second kappa shape index (κ2) is 8.46. The normalized spacial score (nSPS) is 24.2. The highest BCUT2D eigenvalue weighted by Gasteiger charge is 2.28. The molecule has 2 fully saturated rings. The Balaban J connectivity index is 0.00000208. The lowest BCUT2D eigenvalue weighted by Crippen LogP contribution is -2.53. The molecule has 0 spiro atoms. The van der Waals surface area contributed by atoms with Crippen LogP contribution in [0, 0.1) is 0 Å². The van der Waals surface area contributed by atoms with E-state index in [1.54, 1.807) is 4.90 Å². The molecule has 2 saturated heterocycles. The minimum Gasteiger partial charge on any atom is -0.375 e. The summed E-state index contributed by atoms with van der Waals surface area (Å²) in [4.78, 5) is 26.2. The zero-order chi connectivity index (χ0) is 16.2. The average Bonchev–Trinajstić information content (AvgIpc) is 2.56. The summed E-state index contributed by atoms with van der Waals surface area (Å²) in [6.07, 6.45) is 2.41. The van der Waals surface area contributed by atoms with Crippen molar-refractivity contribution in [3.8, 4) is 0 Å². The molecule has 2 N–H and O–H groups in total. The van der Waals surface area contributed by atoms with Crippen molar-refractivity contribution in [2.75, 3.05) is 29.9 Å². The number of carbonyl (C=O) groups excluding carboxylic acids is 2. The molecule has 7 heteroatoms. The van der Waals surface area contributed by atoms with Gasteiger partial charge in [0.05, 0.1) is 12.7 Å². The van der Waals surface area contributed by atoms with Gasteiger partial charge in [-0.05, 0) is 38.0 Å². The Morgan fingerprint density at radius 2 is 2.21 bits per heavy atom. The van der Waals surface area contributed by atoms with Crippen molar-refractivity contribution in [1.29, 1.82) is 0 Å². The van der Waals surface area contributed by atoms with Crippen LogP contribution in [0.5, 0.6) is 0 Å². The highest BCUT2D eigenvalue weighted by Crippen LogP contribution is 2.24. The summed E-state index contributed by atoms with van der Waals surface area (Å²) >= 11 is 0. The summed E-state index contributed by atoms with van der Waals surface area (Å²) in [6, 6.07) is 7.11. The summed E-state index contributed by atoms with van der Waals surface area (Å²) in [7, 11) is 0. The van der Waals surface area contributed by atoms with E-state index in [0.29, 0.717) is 25.3 Å². The van der Waals surface area contributed by atoms with E-state index in [1.165, 1.54) is 0 Å². The first kappa shape index (κ1) is 18.7. The van der Waals surface area contributed by atoms with Gasteiger partial charge in [0.1, 0.15) is 6.04 Å². The monoisotopic (exact) mass is 353 g/mol. The molecule has 24 heavy (non-hydrogen) atoms. The molecule has 2 aliphatic rings. The predicted octanol–water partition coefficient (Wildman–Crippen LogP) is 1.94. The van der Waals surface area contributed by atoms with Crippen LogP contribution in [0.2, 0.25) is 0 Å². The number of piperidine rings is 1. The number of nitrogens with zero attached hydrogens (tertiary/aromatic N) is 1. The fourth-order valence-electron chi connectivity index (χ4n) is 3.08. The van der Waals surface area contributed by atoms with Crippen LogP contribution >= 0.6 is 12.4 Å². The van der Waals surface area contributed by atoms with Crippen LogP contribution in [-0.2, 0) is 14.3 Å². The predicted molar refractivity (Wildman–Crippen MR) is 95.7 cm³/mol. The van der Waals surface area contributed by atoms with Crippen LogP contribution in [0.25, 0.3) is 0 Å². The van der Waals surface area contributed by atoms with Gasteiger partial charge in [0, 0.05) is 30.9 Å². The lowest BCUT2D eigenvalue weighted by Gasteiger charge is -2.29. The quantitative estimate of drug-likeness (QED) is 0.871. The van der Waals surface area contributed by atoms with Crippen LogP contribution in [0.3, 0.4) is 0 Å². The fourth-order valence-corrected chi connectivity index (χ4v) is 3.08. The number of nitrogens with one attached hydrogen (secondary N) is 2. The van der Waals surface area contributed by atoms with Gasteiger partial charge in [0.2, 0.25) is 11.8 Å². The molecule has 0 saturated carbocycles. The second-order valence-electron chi connectivity index (χ2n) is 6.05. The van der Waals surface area contributed by atoms with E-state index in [0.717, 1.165) is 25.1 Å². The van der Waals surface area contributed by atoms with Crippen LogP contribution in [0.1, 0.15) is 26.2 Å². The number of rotatable bonds is 3. The van der Waals surface area contributed by atoms with Crippen LogP contribution in [-0.4, -0.2) is 43.7 Å². The van der Waals surface area contributed by atoms with E-state index in [4.69, 9.17) is 4.74 Å². The molecule has 2 aliphatic heterocycles. The molecule has 2 amide bonds. The molecule has 2 heterocycles. The first-order chi connectivity index (χ1) is 11.1. The zero-order valence-corrected chi connectivity index (χ0v) is 14.6. The molecular formula is C17H24ClN3O3. The minimum atomic E-state index is -0.357. The molecule has 0 aliphatic carbocycles. The lowest BCUT2D eigenvalue weighted by atomic mass is 10.1. The van der Waals surface area contributed by atoms with Gasteiger partial charge in [-0.3, -0.25) is 9.59 Å². The Kier molecular flexibility index (Phi) is 6.60. The maximum Gasteiger partial charge on any atom is 0.244 e. The number of carbonyl (C=O) groups is 2. The topological polar surface area (TPSA) is 70.7 Å². The number of anilines is 2.